The topological polar surface area (TPSA) is 19.4 Å². The number of hydrogen-bond acceptors (Lipinski definition) is 6. The van der Waals surface area contributed by atoms with Gasteiger partial charge in [0, 0.05) is 60.6 Å². The summed E-state index contributed by atoms with van der Waals surface area (Å²) in [4.78, 5) is 5.18. The zero-order valence-electron chi connectivity index (χ0n) is 12.6. The van der Waals surface area contributed by atoms with E-state index in [2.05, 4.69) is 57.6 Å². The van der Waals surface area contributed by atoms with Gasteiger partial charge in [0.25, 0.3) is 0 Å². The van der Waals surface area contributed by atoms with Gasteiger partial charge >= 0.3 is 0 Å². The molecule has 0 unspecified atom stereocenters. The molecule has 118 valence electrons. The third-order valence-corrected chi connectivity index (χ3v) is 7.78. The average molecular weight is 352 g/mol. The first kappa shape index (κ1) is 15.1. The molecule has 0 N–H and O–H groups in total. The van der Waals surface area contributed by atoms with E-state index in [1.807, 2.05) is 0 Å². The van der Waals surface area contributed by atoms with Crippen molar-refractivity contribution in [2.24, 2.45) is 0 Å². The molecule has 1 aromatic heterocycles. The van der Waals surface area contributed by atoms with Crippen LogP contribution in [0, 0.1) is 0 Å². The fraction of sp³-hybridized carbons (Fsp3) is 0.562. The van der Waals surface area contributed by atoms with Crippen LogP contribution in [0.3, 0.4) is 0 Å². The highest BCUT2D eigenvalue weighted by atomic mass is 32.2. The van der Waals surface area contributed by atoms with Crippen molar-refractivity contribution in [2.45, 2.75) is 6.04 Å². The number of fused-ring (bicyclic) bond motifs is 1. The van der Waals surface area contributed by atoms with Gasteiger partial charge in [-0.2, -0.15) is 27.9 Å². The van der Waals surface area contributed by atoms with Crippen molar-refractivity contribution >= 4 is 51.0 Å². The highest BCUT2D eigenvalue weighted by Crippen LogP contribution is 2.30. The van der Waals surface area contributed by atoms with E-state index in [0.717, 1.165) is 19.1 Å². The standard InChI is InChI=1S/C16H21N3S3/c1-2-4-15-14(3-1)16(17-22-15)19-7-5-18(6-8-19)13-11-20-9-10-21-12-13/h1-4,13H,5-12H2. The van der Waals surface area contributed by atoms with E-state index in [1.54, 1.807) is 11.5 Å². The Labute approximate surface area is 144 Å². The Balaban J connectivity index is 1.43. The van der Waals surface area contributed by atoms with E-state index in [-0.39, 0.29) is 0 Å². The highest BCUT2D eigenvalue weighted by molar-refractivity contribution is 8.03. The summed E-state index contributed by atoms with van der Waals surface area (Å²) in [5.41, 5.74) is 0. The number of piperazine rings is 1. The zero-order chi connectivity index (χ0) is 14.8. The molecule has 3 heterocycles. The van der Waals surface area contributed by atoms with E-state index in [1.165, 1.54) is 52.0 Å². The number of thioether (sulfide) groups is 2. The van der Waals surface area contributed by atoms with Gasteiger partial charge in [0.05, 0.1) is 4.70 Å². The molecule has 2 aromatic rings. The smallest absolute Gasteiger partial charge is 0.150 e. The third kappa shape index (κ3) is 3.11. The second-order valence-electron chi connectivity index (χ2n) is 5.83. The number of aromatic nitrogens is 1. The molecule has 0 aliphatic carbocycles. The molecular formula is C16H21N3S3. The first-order valence-corrected chi connectivity index (χ1v) is 11.0. The monoisotopic (exact) mass is 351 g/mol. The van der Waals surface area contributed by atoms with Gasteiger partial charge in [0.15, 0.2) is 0 Å². The Kier molecular flexibility index (Phi) is 4.80. The normalized spacial score (nSPS) is 22.1. The van der Waals surface area contributed by atoms with E-state index in [9.17, 15) is 0 Å². The lowest BCUT2D eigenvalue weighted by molar-refractivity contribution is 0.215. The maximum atomic E-state index is 4.71. The van der Waals surface area contributed by atoms with Crippen LogP contribution in [0.2, 0.25) is 0 Å². The first-order valence-electron chi connectivity index (χ1n) is 7.91. The van der Waals surface area contributed by atoms with Crippen molar-refractivity contribution in [3.05, 3.63) is 24.3 Å². The maximum absolute atomic E-state index is 4.71. The molecule has 3 nitrogen and oxygen atoms in total. The van der Waals surface area contributed by atoms with Crippen LogP contribution >= 0.6 is 35.1 Å². The molecule has 2 fully saturated rings. The van der Waals surface area contributed by atoms with Gasteiger partial charge < -0.3 is 4.90 Å². The molecule has 0 amide bonds. The van der Waals surface area contributed by atoms with Gasteiger partial charge in [-0.3, -0.25) is 4.90 Å². The van der Waals surface area contributed by atoms with Gasteiger partial charge in [-0.25, -0.2) is 0 Å². The number of rotatable bonds is 2. The van der Waals surface area contributed by atoms with Crippen LogP contribution < -0.4 is 4.90 Å². The third-order valence-electron chi connectivity index (χ3n) is 4.48. The molecule has 0 radical (unpaired) electrons. The predicted octanol–water partition coefficient (Wildman–Crippen LogP) is 3.27. The minimum atomic E-state index is 0.770. The molecule has 0 atom stereocenters. The molecule has 0 saturated carbocycles. The van der Waals surface area contributed by atoms with Gasteiger partial charge in [-0.05, 0) is 23.7 Å². The Bertz CT molecular complexity index is 614. The molecule has 2 aliphatic heterocycles. The lowest BCUT2D eigenvalue weighted by Crippen LogP contribution is -2.52. The fourth-order valence-electron chi connectivity index (χ4n) is 3.22. The molecule has 2 saturated heterocycles. The summed E-state index contributed by atoms with van der Waals surface area (Å²) in [5.74, 6) is 6.47. The molecule has 0 bridgehead atoms. The molecule has 2 aliphatic rings. The van der Waals surface area contributed by atoms with Crippen LogP contribution in [0.25, 0.3) is 10.1 Å². The van der Waals surface area contributed by atoms with Crippen molar-refractivity contribution in [2.75, 3.05) is 54.1 Å². The summed E-state index contributed by atoms with van der Waals surface area (Å²) in [5, 5.41) is 1.32. The average Bonchev–Trinajstić information content (AvgIpc) is 2.81. The largest absolute Gasteiger partial charge is 0.353 e. The molecule has 0 spiro atoms. The number of nitrogens with zero attached hydrogens (tertiary/aromatic N) is 3. The summed E-state index contributed by atoms with van der Waals surface area (Å²) in [6.45, 7) is 4.58. The summed E-state index contributed by atoms with van der Waals surface area (Å²) >= 11 is 5.89. The maximum Gasteiger partial charge on any atom is 0.150 e. The van der Waals surface area contributed by atoms with Gasteiger partial charge in [-0.1, -0.05) is 12.1 Å². The van der Waals surface area contributed by atoms with E-state index in [0.29, 0.717) is 0 Å². The number of anilines is 1. The van der Waals surface area contributed by atoms with Crippen molar-refractivity contribution in [1.82, 2.24) is 9.27 Å². The van der Waals surface area contributed by atoms with Gasteiger partial charge in [0.1, 0.15) is 5.82 Å². The molecule has 22 heavy (non-hydrogen) atoms. The Hall–Kier alpha value is -0.430. The van der Waals surface area contributed by atoms with Crippen molar-refractivity contribution in [3.63, 3.8) is 0 Å². The van der Waals surface area contributed by atoms with Gasteiger partial charge in [0.2, 0.25) is 0 Å². The van der Waals surface area contributed by atoms with E-state index >= 15 is 0 Å². The van der Waals surface area contributed by atoms with Crippen LogP contribution in [0.4, 0.5) is 5.82 Å². The highest BCUT2D eigenvalue weighted by Gasteiger charge is 2.26. The Morgan fingerprint density at radius 1 is 0.955 bits per heavy atom. The summed E-state index contributed by atoms with van der Waals surface area (Å²) < 4.78 is 6.01. The minimum absolute atomic E-state index is 0.770. The molecule has 1 aromatic carbocycles. The SMILES string of the molecule is c1ccc2c(N3CCN(C4CSCCSC4)CC3)nsc2c1. The summed E-state index contributed by atoms with van der Waals surface area (Å²) in [7, 11) is 0. The van der Waals surface area contributed by atoms with Gasteiger partial charge in [-0.15, -0.1) is 0 Å². The van der Waals surface area contributed by atoms with E-state index < -0.39 is 0 Å². The zero-order valence-corrected chi connectivity index (χ0v) is 15.1. The summed E-state index contributed by atoms with van der Waals surface area (Å²) in [6, 6.07) is 9.37. The van der Waals surface area contributed by atoms with Crippen molar-refractivity contribution in [1.29, 1.82) is 0 Å². The summed E-state index contributed by atoms with van der Waals surface area (Å²) in [6.07, 6.45) is 0. The molecule has 4 rings (SSSR count). The van der Waals surface area contributed by atoms with Crippen LogP contribution in [-0.2, 0) is 0 Å². The van der Waals surface area contributed by atoms with Crippen molar-refractivity contribution in [3.8, 4) is 0 Å². The molecule has 6 heteroatoms. The number of benzene rings is 1. The number of hydrogen-bond donors (Lipinski definition) is 0. The Morgan fingerprint density at radius 2 is 1.68 bits per heavy atom. The van der Waals surface area contributed by atoms with Crippen LogP contribution in [0.15, 0.2) is 24.3 Å². The van der Waals surface area contributed by atoms with E-state index in [4.69, 9.17) is 4.37 Å². The lowest BCUT2D eigenvalue weighted by atomic mass is 10.2. The quantitative estimate of drug-likeness (QED) is 0.825. The van der Waals surface area contributed by atoms with Crippen LogP contribution in [-0.4, -0.2) is 64.5 Å². The first-order chi connectivity index (χ1) is 10.9. The second kappa shape index (κ2) is 6.99. The molecular weight excluding hydrogens is 330 g/mol. The fourth-order valence-corrected chi connectivity index (χ4v) is 6.64. The minimum Gasteiger partial charge on any atom is -0.353 e. The van der Waals surface area contributed by atoms with Crippen molar-refractivity contribution < 1.29 is 0 Å². The Morgan fingerprint density at radius 3 is 2.45 bits per heavy atom. The van der Waals surface area contributed by atoms with Crippen LogP contribution in [0.5, 0.6) is 0 Å². The predicted molar refractivity (Wildman–Crippen MR) is 102 cm³/mol. The van der Waals surface area contributed by atoms with Crippen LogP contribution in [0.1, 0.15) is 0 Å². The second-order valence-corrected chi connectivity index (χ2v) is 8.93. The lowest BCUT2D eigenvalue weighted by Gasteiger charge is -2.39.